The van der Waals surface area contributed by atoms with E-state index in [1.807, 2.05) is 6.92 Å². The van der Waals surface area contributed by atoms with Crippen molar-refractivity contribution in [3.63, 3.8) is 0 Å². The minimum absolute atomic E-state index is 0.0412. The van der Waals surface area contributed by atoms with Crippen LogP contribution in [-0.2, 0) is 9.59 Å². The molecule has 1 saturated carbocycles. The average molecular weight is 413 g/mol. The predicted molar refractivity (Wildman–Crippen MR) is 113 cm³/mol. The first kappa shape index (κ1) is 21.4. The van der Waals surface area contributed by atoms with Gasteiger partial charge in [-0.25, -0.2) is 9.59 Å². The van der Waals surface area contributed by atoms with Gasteiger partial charge in [0.1, 0.15) is 12.1 Å². The molecule has 1 aromatic rings. The number of anilines is 2. The minimum atomic E-state index is -0.880. The number of benzene rings is 1. The van der Waals surface area contributed by atoms with Gasteiger partial charge in [-0.15, -0.1) is 6.58 Å². The van der Waals surface area contributed by atoms with Crippen LogP contribution >= 0.6 is 0 Å². The number of amides is 6. The van der Waals surface area contributed by atoms with Crippen molar-refractivity contribution >= 4 is 35.3 Å². The number of rotatable bonds is 6. The topological polar surface area (TPSA) is 120 Å². The summed E-state index contributed by atoms with van der Waals surface area (Å²) in [5.74, 6) is -0.747. The van der Waals surface area contributed by atoms with Crippen molar-refractivity contribution in [1.82, 2.24) is 15.5 Å². The lowest BCUT2D eigenvalue weighted by atomic mass is 9.73. The van der Waals surface area contributed by atoms with Gasteiger partial charge in [-0.3, -0.25) is 14.5 Å². The lowest BCUT2D eigenvalue weighted by Crippen LogP contribution is -2.54. The van der Waals surface area contributed by atoms with Crippen molar-refractivity contribution in [2.75, 3.05) is 23.7 Å². The van der Waals surface area contributed by atoms with Crippen LogP contribution in [-0.4, -0.2) is 47.4 Å². The Balaban J connectivity index is 1.56. The van der Waals surface area contributed by atoms with Crippen LogP contribution in [0.4, 0.5) is 21.0 Å². The molecule has 1 saturated heterocycles. The summed E-state index contributed by atoms with van der Waals surface area (Å²) in [7, 11) is 0. The number of hydrogen-bond donors (Lipinski definition) is 4. The molecule has 2 unspecified atom stereocenters. The highest BCUT2D eigenvalue weighted by atomic mass is 16.2. The molecule has 1 aromatic carbocycles. The summed E-state index contributed by atoms with van der Waals surface area (Å²) < 4.78 is 0. The second kappa shape index (κ2) is 8.98. The van der Waals surface area contributed by atoms with Gasteiger partial charge in [0.15, 0.2) is 0 Å². The first-order chi connectivity index (χ1) is 14.4. The first-order valence-corrected chi connectivity index (χ1v) is 10.1. The van der Waals surface area contributed by atoms with Crippen molar-refractivity contribution in [3.05, 3.63) is 36.9 Å². The SMILES string of the molecule is C=CCNC(=O)Nc1ccc(NC(=O)CN2C(=O)NC3(CCCCC3C)C2=O)cc1. The minimum Gasteiger partial charge on any atom is -0.334 e. The van der Waals surface area contributed by atoms with E-state index in [1.165, 1.54) is 0 Å². The lowest BCUT2D eigenvalue weighted by Gasteiger charge is -2.36. The second-order valence-electron chi connectivity index (χ2n) is 7.69. The third-order valence-electron chi connectivity index (χ3n) is 5.64. The molecular formula is C21H27N5O4. The Bertz CT molecular complexity index is 853. The van der Waals surface area contributed by atoms with Crippen LogP contribution < -0.4 is 21.3 Å². The van der Waals surface area contributed by atoms with Crippen LogP contribution in [0.2, 0.25) is 0 Å². The molecular weight excluding hydrogens is 386 g/mol. The van der Waals surface area contributed by atoms with E-state index in [9.17, 15) is 19.2 Å². The fourth-order valence-electron chi connectivity index (χ4n) is 3.96. The van der Waals surface area contributed by atoms with Crippen LogP contribution in [0.25, 0.3) is 0 Å². The molecule has 0 radical (unpaired) electrons. The molecule has 4 N–H and O–H groups in total. The van der Waals surface area contributed by atoms with Crippen molar-refractivity contribution in [3.8, 4) is 0 Å². The highest BCUT2D eigenvalue weighted by Gasteiger charge is 2.55. The zero-order valence-corrected chi connectivity index (χ0v) is 17.0. The van der Waals surface area contributed by atoms with Gasteiger partial charge >= 0.3 is 12.1 Å². The van der Waals surface area contributed by atoms with Gasteiger partial charge in [-0.1, -0.05) is 25.8 Å². The third kappa shape index (κ3) is 4.45. The van der Waals surface area contributed by atoms with Gasteiger partial charge in [-0.2, -0.15) is 0 Å². The van der Waals surface area contributed by atoms with Gasteiger partial charge < -0.3 is 21.3 Å². The molecule has 2 aliphatic rings. The van der Waals surface area contributed by atoms with E-state index in [0.717, 1.165) is 24.2 Å². The normalized spacial score (nSPS) is 23.1. The van der Waals surface area contributed by atoms with Crippen molar-refractivity contribution in [1.29, 1.82) is 0 Å². The summed E-state index contributed by atoms with van der Waals surface area (Å²) in [6.07, 6.45) is 4.96. The monoisotopic (exact) mass is 413 g/mol. The Morgan fingerprint density at radius 2 is 1.87 bits per heavy atom. The van der Waals surface area contributed by atoms with Gasteiger partial charge in [0, 0.05) is 17.9 Å². The van der Waals surface area contributed by atoms with Crippen molar-refractivity contribution in [2.24, 2.45) is 5.92 Å². The molecule has 160 valence electrons. The molecule has 2 fully saturated rings. The van der Waals surface area contributed by atoms with E-state index in [2.05, 4.69) is 27.8 Å². The van der Waals surface area contributed by atoms with Gasteiger partial charge in [0.2, 0.25) is 5.91 Å². The second-order valence-corrected chi connectivity index (χ2v) is 7.69. The molecule has 1 spiro atoms. The summed E-state index contributed by atoms with van der Waals surface area (Å²) in [5.41, 5.74) is 0.163. The van der Waals surface area contributed by atoms with Crippen molar-refractivity contribution < 1.29 is 19.2 Å². The van der Waals surface area contributed by atoms with Crippen LogP contribution in [0.5, 0.6) is 0 Å². The standard InChI is InChI=1S/C21H27N5O4/c1-3-12-22-19(29)24-16-9-7-15(8-10-16)23-17(27)13-26-18(28)21(25-20(26)30)11-5-4-6-14(21)2/h3,7-10,14H,1,4-6,11-13H2,2H3,(H,23,27)(H,25,30)(H2,22,24,29). The maximum atomic E-state index is 12.9. The summed E-state index contributed by atoms with van der Waals surface area (Å²) >= 11 is 0. The van der Waals surface area contributed by atoms with Crippen molar-refractivity contribution in [2.45, 2.75) is 38.1 Å². The Kier molecular flexibility index (Phi) is 6.39. The molecule has 9 nitrogen and oxygen atoms in total. The molecule has 2 atom stereocenters. The largest absolute Gasteiger partial charge is 0.334 e. The molecule has 0 aromatic heterocycles. The highest BCUT2D eigenvalue weighted by molar-refractivity contribution is 6.10. The Morgan fingerprint density at radius 3 is 2.50 bits per heavy atom. The molecule has 1 heterocycles. The number of nitrogens with one attached hydrogen (secondary N) is 4. The number of nitrogens with zero attached hydrogens (tertiary/aromatic N) is 1. The summed E-state index contributed by atoms with van der Waals surface area (Å²) in [6.45, 7) is 5.49. The van der Waals surface area contributed by atoms with Crippen LogP contribution in [0, 0.1) is 5.92 Å². The third-order valence-corrected chi connectivity index (χ3v) is 5.64. The maximum Gasteiger partial charge on any atom is 0.325 e. The van der Waals surface area contributed by atoms with E-state index in [1.54, 1.807) is 30.3 Å². The maximum absolute atomic E-state index is 12.9. The fourth-order valence-corrected chi connectivity index (χ4v) is 3.96. The van der Waals surface area contributed by atoms with E-state index in [4.69, 9.17) is 0 Å². The Morgan fingerprint density at radius 1 is 1.20 bits per heavy atom. The van der Waals surface area contributed by atoms with Gasteiger partial charge in [-0.05, 0) is 43.0 Å². The molecule has 30 heavy (non-hydrogen) atoms. The van der Waals surface area contributed by atoms with Gasteiger partial charge in [0.25, 0.3) is 5.91 Å². The number of carbonyl (C=O) groups excluding carboxylic acids is 4. The smallest absolute Gasteiger partial charge is 0.325 e. The average Bonchev–Trinajstić information content (AvgIpc) is 2.95. The molecule has 6 amide bonds. The van der Waals surface area contributed by atoms with E-state index < -0.39 is 17.5 Å². The number of urea groups is 2. The zero-order chi connectivity index (χ0) is 21.7. The Hall–Kier alpha value is -3.36. The van der Waals surface area contributed by atoms with Crippen LogP contribution in [0.3, 0.4) is 0 Å². The predicted octanol–water partition coefficient (Wildman–Crippen LogP) is 2.43. The fraction of sp³-hybridized carbons (Fsp3) is 0.429. The molecule has 1 aliphatic heterocycles. The summed E-state index contributed by atoms with van der Waals surface area (Å²) in [4.78, 5) is 50.3. The van der Waals surface area contributed by atoms with Gasteiger partial charge in [0.05, 0.1) is 0 Å². The summed E-state index contributed by atoms with van der Waals surface area (Å²) in [6, 6.07) is 5.63. The number of hydrogen-bond acceptors (Lipinski definition) is 4. The van der Waals surface area contributed by atoms with Crippen LogP contribution in [0.1, 0.15) is 32.6 Å². The number of carbonyl (C=O) groups is 4. The Labute approximate surface area is 175 Å². The first-order valence-electron chi connectivity index (χ1n) is 10.1. The molecule has 0 bridgehead atoms. The quantitative estimate of drug-likeness (QED) is 0.423. The van der Waals surface area contributed by atoms with Crippen LogP contribution in [0.15, 0.2) is 36.9 Å². The van der Waals surface area contributed by atoms with E-state index >= 15 is 0 Å². The van der Waals surface area contributed by atoms with E-state index in [-0.39, 0.29) is 24.4 Å². The summed E-state index contributed by atoms with van der Waals surface area (Å²) in [5, 5.41) is 10.7. The van der Waals surface area contributed by atoms with E-state index in [0.29, 0.717) is 24.3 Å². The lowest BCUT2D eigenvalue weighted by molar-refractivity contribution is -0.136. The molecule has 1 aliphatic carbocycles. The number of imide groups is 1. The molecule has 3 rings (SSSR count). The zero-order valence-electron chi connectivity index (χ0n) is 17.0. The molecule has 9 heteroatoms. The highest BCUT2D eigenvalue weighted by Crippen LogP contribution is 2.38.